The maximum absolute atomic E-state index is 10.6. The van der Waals surface area contributed by atoms with Crippen molar-refractivity contribution in [2.75, 3.05) is 6.61 Å². The van der Waals surface area contributed by atoms with Gasteiger partial charge in [0.15, 0.2) is 0 Å². The molecule has 1 rings (SSSR count). The van der Waals surface area contributed by atoms with Crippen LogP contribution >= 0.6 is 0 Å². The number of primary amides is 1. The first-order chi connectivity index (χ1) is 4.21. The van der Waals surface area contributed by atoms with Crippen LogP contribution < -0.4 is 5.73 Å². The number of rotatable bonds is 3. The molecule has 0 aromatic heterocycles. The second-order valence-electron chi connectivity index (χ2n) is 2.29. The Labute approximate surface area is 54.2 Å². The minimum absolute atomic E-state index is 0.315. The van der Waals surface area contributed by atoms with Gasteiger partial charge in [0.2, 0.25) is 5.91 Å². The Morgan fingerprint density at radius 1 is 1.78 bits per heavy atom. The fourth-order valence-corrected chi connectivity index (χ4v) is 0.852. The molecule has 0 aromatic carbocycles. The van der Waals surface area contributed by atoms with Gasteiger partial charge in [-0.05, 0) is 19.8 Å². The van der Waals surface area contributed by atoms with Crippen LogP contribution in [0, 0.1) is 0 Å². The second kappa shape index (κ2) is 1.99. The van der Waals surface area contributed by atoms with E-state index in [1.807, 2.05) is 6.92 Å². The third-order valence-corrected chi connectivity index (χ3v) is 1.57. The van der Waals surface area contributed by atoms with E-state index in [0.29, 0.717) is 6.61 Å². The molecule has 1 aliphatic carbocycles. The Balaban J connectivity index is 2.43. The predicted molar refractivity (Wildman–Crippen MR) is 32.8 cm³/mol. The summed E-state index contributed by atoms with van der Waals surface area (Å²) >= 11 is 0. The Hall–Kier alpha value is -0.570. The molecule has 1 aliphatic rings. The highest BCUT2D eigenvalue weighted by atomic mass is 16.5. The summed E-state index contributed by atoms with van der Waals surface area (Å²) in [5, 5.41) is 0. The Bertz CT molecular complexity index is 129. The number of nitrogens with two attached hydrogens (primary N) is 1. The van der Waals surface area contributed by atoms with Crippen LogP contribution in [0.5, 0.6) is 0 Å². The average molecular weight is 129 g/mol. The first-order valence-electron chi connectivity index (χ1n) is 3.15. The predicted octanol–water partition coefficient (Wildman–Crippen LogP) is 0.0408. The van der Waals surface area contributed by atoms with Gasteiger partial charge in [-0.25, -0.2) is 0 Å². The molecule has 1 saturated carbocycles. The van der Waals surface area contributed by atoms with Gasteiger partial charge >= 0.3 is 0 Å². The normalized spacial score (nSPS) is 21.4. The van der Waals surface area contributed by atoms with Crippen molar-refractivity contribution < 1.29 is 9.53 Å². The maximum atomic E-state index is 10.6. The fourth-order valence-electron chi connectivity index (χ4n) is 0.852. The molecule has 2 N–H and O–H groups in total. The van der Waals surface area contributed by atoms with Crippen molar-refractivity contribution >= 4 is 5.91 Å². The van der Waals surface area contributed by atoms with Crippen LogP contribution in [0.1, 0.15) is 19.8 Å². The van der Waals surface area contributed by atoms with Crippen molar-refractivity contribution in [3.63, 3.8) is 0 Å². The number of hydrogen-bond donors (Lipinski definition) is 1. The minimum atomic E-state index is -0.561. The average Bonchev–Trinajstić information content (AvgIpc) is 2.49. The van der Waals surface area contributed by atoms with Crippen LogP contribution in [0.4, 0.5) is 0 Å². The van der Waals surface area contributed by atoms with Gasteiger partial charge in [-0.15, -0.1) is 0 Å². The highest BCUT2D eigenvalue weighted by Gasteiger charge is 2.49. The van der Waals surface area contributed by atoms with Gasteiger partial charge in [-0.1, -0.05) is 0 Å². The molecular formula is C6H11NO2. The molecule has 0 heterocycles. The molecule has 3 nitrogen and oxygen atoms in total. The monoisotopic (exact) mass is 129 g/mol. The van der Waals surface area contributed by atoms with Crippen molar-refractivity contribution in [1.82, 2.24) is 0 Å². The lowest BCUT2D eigenvalue weighted by Gasteiger charge is -2.08. The molecule has 0 aromatic rings. The molecule has 0 aliphatic heterocycles. The van der Waals surface area contributed by atoms with Gasteiger partial charge in [0, 0.05) is 6.61 Å². The molecule has 0 bridgehead atoms. The number of carbonyl (C=O) groups excluding carboxylic acids is 1. The second-order valence-corrected chi connectivity index (χ2v) is 2.29. The quantitative estimate of drug-likeness (QED) is 0.585. The van der Waals surface area contributed by atoms with E-state index in [1.165, 1.54) is 0 Å². The summed E-state index contributed by atoms with van der Waals surface area (Å²) in [6.45, 7) is 2.44. The van der Waals surface area contributed by atoms with Crippen LogP contribution in [0.2, 0.25) is 0 Å². The van der Waals surface area contributed by atoms with Crippen LogP contribution in [-0.4, -0.2) is 18.1 Å². The third kappa shape index (κ3) is 1.05. The van der Waals surface area contributed by atoms with E-state index >= 15 is 0 Å². The highest BCUT2D eigenvalue weighted by molar-refractivity contribution is 5.86. The van der Waals surface area contributed by atoms with Gasteiger partial charge in [0.05, 0.1) is 0 Å². The standard InChI is InChI=1S/C6H11NO2/c1-2-9-6(3-4-6)5(7)8/h2-4H2,1H3,(H2,7,8). The summed E-state index contributed by atoms with van der Waals surface area (Å²) in [4.78, 5) is 10.6. The lowest BCUT2D eigenvalue weighted by atomic mass is 10.3. The minimum Gasteiger partial charge on any atom is -0.367 e. The first-order valence-corrected chi connectivity index (χ1v) is 3.15. The van der Waals surface area contributed by atoms with E-state index in [2.05, 4.69) is 0 Å². The summed E-state index contributed by atoms with van der Waals surface area (Å²) in [5.74, 6) is -0.315. The van der Waals surface area contributed by atoms with E-state index in [0.717, 1.165) is 12.8 Å². The Morgan fingerprint density at radius 3 is 2.44 bits per heavy atom. The van der Waals surface area contributed by atoms with Gasteiger partial charge in [-0.3, -0.25) is 4.79 Å². The van der Waals surface area contributed by atoms with Gasteiger partial charge < -0.3 is 10.5 Å². The summed E-state index contributed by atoms with van der Waals surface area (Å²) in [7, 11) is 0. The Kier molecular flexibility index (Phi) is 1.45. The summed E-state index contributed by atoms with van der Waals surface area (Å²) in [6.07, 6.45) is 1.60. The largest absolute Gasteiger partial charge is 0.367 e. The van der Waals surface area contributed by atoms with E-state index in [1.54, 1.807) is 0 Å². The molecular weight excluding hydrogens is 118 g/mol. The van der Waals surface area contributed by atoms with E-state index in [4.69, 9.17) is 10.5 Å². The van der Waals surface area contributed by atoms with Gasteiger partial charge in [0.1, 0.15) is 5.60 Å². The molecule has 1 fully saturated rings. The highest BCUT2D eigenvalue weighted by Crippen LogP contribution is 2.38. The molecule has 52 valence electrons. The number of carbonyl (C=O) groups is 1. The van der Waals surface area contributed by atoms with E-state index in [9.17, 15) is 4.79 Å². The summed E-state index contributed by atoms with van der Waals surface area (Å²) < 4.78 is 5.13. The SMILES string of the molecule is CCOC1(C(N)=O)CC1. The molecule has 3 heteroatoms. The van der Waals surface area contributed by atoms with Gasteiger partial charge in [0.25, 0.3) is 0 Å². The van der Waals surface area contributed by atoms with Crippen molar-refractivity contribution in [3.05, 3.63) is 0 Å². The number of hydrogen-bond acceptors (Lipinski definition) is 2. The van der Waals surface area contributed by atoms with Crippen molar-refractivity contribution in [2.45, 2.75) is 25.4 Å². The molecule has 0 unspecified atom stereocenters. The van der Waals surface area contributed by atoms with Crippen LogP contribution in [0.3, 0.4) is 0 Å². The molecule has 9 heavy (non-hydrogen) atoms. The number of amides is 1. The molecule has 0 atom stereocenters. The van der Waals surface area contributed by atoms with Crippen molar-refractivity contribution in [1.29, 1.82) is 0 Å². The fraction of sp³-hybridized carbons (Fsp3) is 0.833. The molecule has 0 spiro atoms. The maximum Gasteiger partial charge on any atom is 0.249 e. The third-order valence-electron chi connectivity index (χ3n) is 1.57. The van der Waals surface area contributed by atoms with Gasteiger partial charge in [-0.2, -0.15) is 0 Å². The lowest BCUT2D eigenvalue weighted by Crippen LogP contribution is -2.33. The van der Waals surface area contributed by atoms with Crippen LogP contribution in [0.25, 0.3) is 0 Å². The summed E-state index contributed by atoms with van der Waals surface area (Å²) in [6, 6.07) is 0. The zero-order valence-corrected chi connectivity index (χ0v) is 5.52. The zero-order valence-electron chi connectivity index (χ0n) is 5.52. The first kappa shape index (κ1) is 6.55. The van der Waals surface area contributed by atoms with Crippen molar-refractivity contribution in [2.24, 2.45) is 5.73 Å². The topological polar surface area (TPSA) is 52.3 Å². The van der Waals surface area contributed by atoms with Crippen LogP contribution in [0.15, 0.2) is 0 Å². The molecule has 0 saturated heterocycles. The summed E-state index contributed by atoms with van der Waals surface area (Å²) in [5.41, 5.74) is 4.49. The van der Waals surface area contributed by atoms with E-state index < -0.39 is 5.60 Å². The molecule has 1 amide bonds. The lowest BCUT2D eigenvalue weighted by molar-refractivity contribution is -0.131. The molecule has 0 radical (unpaired) electrons. The smallest absolute Gasteiger partial charge is 0.249 e. The van der Waals surface area contributed by atoms with Crippen molar-refractivity contribution in [3.8, 4) is 0 Å². The van der Waals surface area contributed by atoms with Crippen LogP contribution in [-0.2, 0) is 9.53 Å². The zero-order chi connectivity index (χ0) is 6.91. The van der Waals surface area contributed by atoms with E-state index in [-0.39, 0.29) is 5.91 Å². The number of ether oxygens (including phenoxy) is 1. The Morgan fingerprint density at radius 2 is 2.33 bits per heavy atom.